The molecule has 0 saturated heterocycles. The Kier molecular flexibility index (Phi) is 4.21. The zero-order valence-electron chi connectivity index (χ0n) is 9.09. The van der Waals surface area contributed by atoms with Crippen LogP contribution in [0, 0.1) is 18.8 Å². The van der Waals surface area contributed by atoms with Gasteiger partial charge in [0.05, 0.1) is 5.69 Å². The van der Waals surface area contributed by atoms with Crippen LogP contribution in [0.3, 0.4) is 0 Å². The molecule has 3 heteroatoms. The summed E-state index contributed by atoms with van der Waals surface area (Å²) in [5, 5.41) is 3.13. The van der Waals surface area contributed by atoms with Crippen molar-refractivity contribution in [3.63, 3.8) is 0 Å². The van der Waals surface area contributed by atoms with Crippen LogP contribution in [-0.2, 0) is 13.1 Å². The summed E-state index contributed by atoms with van der Waals surface area (Å²) in [6.07, 6.45) is 2.82. The Labute approximate surface area is 85.5 Å². The van der Waals surface area contributed by atoms with Crippen LogP contribution in [0.5, 0.6) is 0 Å². The van der Waals surface area contributed by atoms with E-state index in [-0.39, 0.29) is 0 Å². The van der Waals surface area contributed by atoms with Crippen LogP contribution >= 0.6 is 0 Å². The second-order valence-electron chi connectivity index (χ2n) is 3.16. The van der Waals surface area contributed by atoms with Gasteiger partial charge < -0.3 is 9.88 Å². The SMILES string of the molecule is CC#CCCn1c(CNC)cnc1C. The van der Waals surface area contributed by atoms with Gasteiger partial charge >= 0.3 is 0 Å². The smallest absolute Gasteiger partial charge is 0.105 e. The van der Waals surface area contributed by atoms with Crippen LogP contribution in [-0.4, -0.2) is 16.6 Å². The first-order chi connectivity index (χ1) is 6.79. The molecular formula is C11H17N3. The lowest BCUT2D eigenvalue weighted by Gasteiger charge is -2.07. The Morgan fingerprint density at radius 1 is 1.57 bits per heavy atom. The highest BCUT2D eigenvalue weighted by Crippen LogP contribution is 2.05. The van der Waals surface area contributed by atoms with Gasteiger partial charge in [-0.15, -0.1) is 11.8 Å². The standard InChI is InChI=1S/C11H17N3/c1-4-5-6-7-14-10(2)13-9-11(14)8-12-3/h9,12H,6-8H2,1-3H3. The monoisotopic (exact) mass is 191 g/mol. The first kappa shape index (κ1) is 10.8. The van der Waals surface area contributed by atoms with Gasteiger partial charge in [-0.25, -0.2) is 4.98 Å². The number of hydrogen-bond donors (Lipinski definition) is 1. The summed E-state index contributed by atoms with van der Waals surface area (Å²) in [7, 11) is 1.94. The molecule has 14 heavy (non-hydrogen) atoms. The van der Waals surface area contributed by atoms with Crippen LogP contribution in [0.2, 0.25) is 0 Å². The fourth-order valence-corrected chi connectivity index (χ4v) is 1.44. The molecule has 76 valence electrons. The first-order valence-electron chi connectivity index (χ1n) is 4.84. The van der Waals surface area contributed by atoms with Crippen molar-refractivity contribution in [2.24, 2.45) is 0 Å². The van der Waals surface area contributed by atoms with Crippen molar-refractivity contribution >= 4 is 0 Å². The van der Waals surface area contributed by atoms with Crippen molar-refractivity contribution in [3.8, 4) is 11.8 Å². The van der Waals surface area contributed by atoms with Gasteiger partial charge in [0.15, 0.2) is 0 Å². The molecule has 0 aromatic carbocycles. The number of rotatable bonds is 4. The van der Waals surface area contributed by atoms with E-state index >= 15 is 0 Å². The quantitative estimate of drug-likeness (QED) is 0.727. The van der Waals surface area contributed by atoms with Gasteiger partial charge in [-0.2, -0.15) is 0 Å². The van der Waals surface area contributed by atoms with Gasteiger partial charge in [-0.3, -0.25) is 0 Å². The zero-order valence-corrected chi connectivity index (χ0v) is 9.09. The molecule has 0 aliphatic heterocycles. The Morgan fingerprint density at radius 2 is 2.36 bits per heavy atom. The second-order valence-corrected chi connectivity index (χ2v) is 3.16. The van der Waals surface area contributed by atoms with Crippen molar-refractivity contribution in [3.05, 3.63) is 17.7 Å². The maximum Gasteiger partial charge on any atom is 0.105 e. The highest BCUT2D eigenvalue weighted by Gasteiger charge is 2.03. The van der Waals surface area contributed by atoms with E-state index in [9.17, 15) is 0 Å². The minimum Gasteiger partial charge on any atom is -0.330 e. The number of aromatic nitrogens is 2. The Balaban J connectivity index is 2.70. The summed E-state index contributed by atoms with van der Waals surface area (Å²) in [6.45, 7) is 5.69. The van der Waals surface area contributed by atoms with Crippen molar-refractivity contribution < 1.29 is 0 Å². The molecule has 0 saturated carbocycles. The van der Waals surface area contributed by atoms with E-state index in [4.69, 9.17) is 0 Å². The molecule has 0 spiro atoms. The van der Waals surface area contributed by atoms with E-state index < -0.39 is 0 Å². The predicted molar refractivity (Wildman–Crippen MR) is 57.8 cm³/mol. The van der Waals surface area contributed by atoms with Gasteiger partial charge in [0.25, 0.3) is 0 Å². The molecule has 0 aliphatic rings. The Bertz CT molecular complexity index is 341. The summed E-state index contributed by atoms with van der Waals surface area (Å²) in [5.74, 6) is 7.03. The number of nitrogens with zero attached hydrogens (tertiary/aromatic N) is 2. The van der Waals surface area contributed by atoms with Crippen molar-refractivity contribution in [2.75, 3.05) is 7.05 Å². The molecular weight excluding hydrogens is 174 g/mol. The molecule has 1 heterocycles. The van der Waals surface area contributed by atoms with Crippen LogP contribution < -0.4 is 5.32 Å². The van der Waals surface area contributed by atoms with Gasteiger partial charge in [0.1, 0.15) is 5.82 Å². The van der Waals surface area contributed by atoms with Crippen molar-refractivity contribution in [1.82, 2.24) is 14.9 Å². The summed E-state index contributed by atoms with van der Waals surface area (Å²) in [6, 6.07) is 0. The van der Waals surface area contributed by atoms with E-state index in [0.29, 0.717) is 0 Å². The van der Waals surface area contributed by atoms with Crippen LogP contribution in [0.25, 0.3) is 0 Å². The highest BCUT2D eigenvalue weighted by atomic mass is 15.1. The number of aryl methyl sites for hydroxylation is 1. The van der Waals surface area contributed by atoms with Crippen LogP contribution in [0.1, 0.15) is 24.9 Å². The maximum absolute atomic E-state index is 4.29. The minimum absolute atomic E-state index is 0.862. The molecule has 0 bridgehead atoms. The molecule has 0 unspecified atom stereocenters. The third-order valence-corrected chi connectivity index (χ3v) is 2.13. The maximum atomic E-state index is 4.29. The molecule has 1 aromatic rings. The lowest BCUT2D eigenvalue weighted by Crippen LogP contribution is -2.12. The molecule has 1 N–H and O–H groups in total. The summed E-state index contributed by atoms with van der Waals surface area (Å²) < 4.78 is 2.21. The highest BCUT2D eigenvalue weighted by molar-refractivity contribution is 5.05. The van der Waals surface area contributed by atoms with Crippen molar-refractivity contribution in [2.45, 2.75) is 33.4 Å². The summed E-state index contributed by atoms with van der Waals surface area (Å²) >= 11 is 0. The molecule has 3 nitrogen and oxygen atoms in total. The lowest BCUT2D eigenvalue weighted by molar-refractivity contribution is 0.634. The normalized spacial score (nSPS) is 9.64. The van der Waals surface area contributed by atoms with Gasteiger partial charge in [0.2, 0.25) is 0 Å². The zero-order chi connectivity index (χ0) is 10.4. The van der Waals surface area contributed by atoms with Gasteiger partial charge in [-0.05, 0) is 20.9 Å². The van der Waals surface area contributed by atoms with Crippen LogP contribution in [0.4, 0.5) is 0 Å². The number of hydrogen-bond acceptors (Lipinski definition) is 2. The Hall–Kier alpha value is -1.27. The topological polar surface area (TPSA) is 29.9 Å². The fourth-order valence-electron chi connectivity index (χ4n) is 1.44. The van der Waals surface area contributed by atoms with Gasteiger partial charge in [-0.1, -0.05) is 0 Å². The third kappa shape index (κ3) is 2.61. The van der Waals surface area contributed by atoms with E-state index in [1.165, 1.54) is 5.69 Å². The van der Waals surface area contributed by atoms with E-state index in [1.807, 2.05) is 27.1 Å². The average Bonchev–Trinajstić information content (AvgIpc) is 2.50. The molecule has 1 rings (SSSR count). The summed E-state index contributed by atoms with van der Waals surface area (Å²) in [5.41, 5.74) is 1.22. The number of imidazole rings is 1. The second kappa shape index (κ2) is 5.46. The van der Waals surface area contributed by atoms with Crippen molar-refractivity contribution in [1.29, 1.82) is 0 Å². The van der Waals surface area contributed by atoms with E-state index in [0.717, 1.165) is 25.3 Å². The number of nitrogens with one attached hydrogen (secondary N) is 1. The lowest BCUT2D eigenvalue weighted by atomic mass is 10.3. The predicted octanol–water partition coefficient (Wildman–Crippen LogP) is 1.32. The first-order valence-corrected chi connectivity index (χ1v) is 4.84. The van der Waals surface area contributed by atoms with E-state index in [1.54, 1.807) is 0 Å². The average molecular weight is 191 g/mol. The van der Waals surface area contributed by atoms with E-state index in [2.05, 4.69) is 26.7 Å². The third-order valence-electron chi connectivity index (χ3n) is 2.13. The molecule has 0 aliphatic carbocycles. The summed E-state index contributed by atoms with van der Waals surface area (Å²) in [4.78, 5) is 4.29. The fraction of sp³-hybridized carbons (Fsp3) is 0.545. The Morgan fingerprint density at radius 3 is 3.00 bits per heavy atom. The van der Waals surface area contributed by atoms with Gasteiger partial charge in [0, 0.05) is 25.7 Å². The molecule has 0 radical (unpaired) electrons. The van der Waals surface area contributed by atoms with Crippen LogP contribution in [0.15, 0.2) is 6.20 Å². The largest absolute Gasteiger partial charge is 0.330 e. The minimum atomic E-state index is 0.862. The molecule has 0 amide bonds. The molecule has 0 atom stereocenters. The molecule has 1 aromatic heterocycles. The molecule has 0 fully saturated rings.